The topological polar surface area (TPSA) is 81.1 Å². The molecule has 3 aromatic rings. The molecule has 0 saturated carbocycles. The Morgan fingerprint density at radius 3 is 2.62 bits per heavy atom. The lowest BCUT2D eigenvalue weighted by atomic mass is 10.2. The van der Waals surface area contributed by atoms with Crippen molar-refractivity contribution in [3.8, 4) is 11.7 Å². The first kappa shape index (κ1) is 16.9. The quantitative estimate of drug-likeness (QED) is 0.672. The molecular weight excluding hydrogens is 322 g/mol. The lowest BCUT2D eigenvalue weighted by Gasteiger charge is -2.20. The summed E-state index contributed by atoms with van der Waals surface area (Å²) in [5, 5.41) is 0.919. The largest absolute Gasteiger partial charge is 0.442 e. The van der Waals surface area contributed by atoms with Crippen molar-refractivity contribution in [1.29, 1.82) is 0 Å². The minimum absolute atomic E-state index is 0.399. The van der Waals surface area contributed by atoms with E-state index in [4.69, 9.17) is 10.2 Å². The number of anilines is 1. The number of aromatic nitrogens is 3. The first-order chi connectivity index (χ1) is 11.7. The SMILES string of the molecule is CCCN(CCC)CCc1cc2c(N)nc(-c3ncco3)nc2s1. The Kier molecular flexibility index (Phi) is 5.42. The van der Waals surface area contributed by atoms with Crippen molar-refractivity contribution >= 4 is 27.4 Å². The third kappa shape index (κ3) is 3.73. The Hall–Kier alpha value is -1.99. The molecule has 0 aliphatic carbocycles. The zero-order chi connectivity index (χ0) is 16.9. The molecule has 0 bridgehead atoms. The van der Waals surface area contributed by atoms with Gasteiger partial charge < -0.3 is 15.1 Å². The fraction of sp³-hybridized carbons (Fsp3) is 0.471. The van der Waals surface area contributed by atoms with Crippen LogP contribution in [0.5, 0.6) is 0 Å². The number of nitrogens with zero attached hydrogens (tertiary/aromatic N) is 4. The predicted octanol–water partition coefficient (Wildman–Crippen LogP) is 3.59. The highest BCUT2D eigenvalue weighted by Crippen LogP contribution is 2.30. The lowest BCUT2D eigenvalue weighted by Crippen LogP contribution is -2.27. The van der Waals surface area contributed by atoms with E-state index in [9.17, 15) is 0 Å². The molecule has 0 amide bonds. The van der Waals surface area contributed by atoms with Crippen LogP contribution in [-0.2, 0) is 6.42 Å². The van der Waals surface area contributed by atoms with Gasteiger partial charge in [-0.3, -0.25) is 0 Å². The molecule has 0 aromatic carbocycles. The van der Waals surface area contributed by atoms with E-state index >= 15 is 0 Å². The summed E-state index contributed by atoms with van der Waals surface area (Å²) in [5.41, 5.74) is 6.10. The summed E-state index contributed by atoms with van der Waals surface area (Å²) in [6, 6.07) is 2.12. The molecule has 3 rings (SSSR count). The van der Waals surface area contributed by atoms with Crippen molar-refractivity contribution in [1.82, 2.24) is 19.9 Å². The van der Waals surface area contributed by atoms with Crippen LogP contribution in [0.15, 0.2) is 22.9 Å². The summed E-state index contributed by atoms with van der Waals surface area (Å²) >= 11 is 1.67. The van der Waals surface area contributed by atoms with E-state index in [0.717, 1.165) is 36.3 Å². The third-order valence-electron chi connectivity index (χ3n) is 3.85. The van der Waals surface area contributed by atoms with Crippen LogP contribution in [0.4, 0.5) is 5.82 Å². The smallest absolute Gasteiger partial charge is 0.264 e. The molecule has 0 aliphatic heterocycles. The number of oxazole rings is 1. The molecule has 0 atom stereocenters. The average molecular weight is 345 g/mol. The van der Waals surface area contributed by atoms with Gasteiger partial charge in [0.2, 0.25) is 5.82 Å². The van der Waals surface area contributed by atoms with Crippen LogP contribution >= 0.6 is 11.3 Å². The van der Waals surface area contributed by atoms with Crippen LogP contribution < -0.4 is 5.73 Å². The van der Waals surface area contributed by atoms with Crippen molar-refractivity contribution in [3.63, 3.8) is 0 Å². The number of fused-ring (bicyclic) bond motifs is 1. The summed E-state index contributed by atoms with van der Waals surface area (Å²) in [6.07, 6.45) is 6.47. The summed E-state index contributed by atoms with van der Waals surface area (Å²) in [5.74, 6) is 1.32. The first-order valence-electron chi connectivity index (χ1n) is 8.39. The van der Waals surface area contributed by atoms with Gasteiger partial charge in [0.1, 0.15) is 16.9 Å². The summed E-state index contributed by atoms with van der Waals surface area (Å²) in [7, 11) is 0. The predicted molar refractivity (Wildman–Crippen MR) is 98.1 cm³/mol. The molecule has 2 N–H and O–H groups in total. The minimum Gasteiger partial charge on any atom is -0.442 e. The Morgan fingerprint density at radius 1 is 1.17 bits per heavy atom. The van der Waals surface area contributed by atoms with Gasteiger partial charge in [-0.2, -0.15) is 0 Å². The second kappa shape index (κ2) is 7.72. The van der Waals surface area contributed by atoms with Crippen LogP contribution in [0.25, 0.3) is 21.9 Å². The van der Waals surface area contributed by atoms with E-state index in [0.29, 0.717) is 17.5 Å². The van der Waals surface area contributed by atoms with E-state index < -0.39 is 0 Å². The number of thiophene rings is 1. The minimum atomic E-state index is 0.399. The molecule has 0 spiro atoms. The highest BCUT2D eigenvalue weighted by Gasteiger charge is 2.14. The van der Waals surface area contributed by atoms with Crippen molar-refractivity contribution in [2.45, 2.75) is 33.1 Å². The Labute approximate surface area is 145 Å². The van der Waals surface area contributed by atoms with Gasteiger partial charge in [0.25, 0.3) is 5.89 Å². The lowest BCUT2D eigenvalue weighted by molar-refractivity contribution is 0.279. The van der Waals surface area contributed by atoms with Gasteiger partial charge >= 0.3 is 0 Å². The number of rotatable bonds is 8. The molecule has 0 fully saturated rings. The first-order valence-corrected chi connectivity index (χ1v) is 9.21. The van der Waals surface area contributed by atoms with E-state index in [1.807, 2.05) is 0 Å². The monoisotopic (exact) mass is 345 g/mol. The second-order valence-electron chi connectivity index (χ2n) is 5.79. The zero-order valence-electron chi connectivity index (χ0n) is 14.2. The summed E-state index contributed by atoms with van der Waals surface area (Å²) < 4.78 is 5.27. The fourth-order valence-corrected chi connectivity index (χ4v) is 3.81. The van der Waals surface area contributed by atoms with E-state index in [1.54, 1.807) is 17.5 Å². The average Bonchev–Trinajstić information content (AvgIpc) is 3.22. The highest BCUT2D eigenvalue weighted by atomic mass is 32.1. The maximum Gasteiger partial charge on any atom is 0.264 e. The standard InChI is InChI=1S/C17H23N5OS/c1-3-7-22(8-4-2)9-5-12-11-13-14(18)20-15(21-17(13)24-12)16-19-6-10-23-16/h6,10-11H,3-5,7-9H2,1-2H3,(H2,18,20,21). The molecular formula is C17H23N5OS. The number of nitrogen functional groups attached to an aromatic ring is 1. The maximum atomic E-state index is 6.10. The molecule has 128 valence electrons. The van der Waals surface area contributed by atoms with Gasteiger partial charge in [-0.15, -0.1) is 11.3 Å². The molecule has 3 aromatic heterocycles. The van der Waals surface area contributed by atoms with Gasteiger partial charge in [0, 0.05) is 11.4 Å². The van der Waals surface area contributed by atoms with Crippen molar-refractivity contribution < 1.29 is 4.42 Å². The van der Waals surface area contributed by atoms with Crippen LogP contribution in [0.2, 0.25) is 0 Å². The molecule has 3 heterocycles. The van der Waals surface area contributed by atoms with Gasteiger partial charge in [0.15, 0.2) is 0 Å². The van der Waals surface area contributed by atoms with Gasteiger partial charge in [-0.1, -0.05) is 13.8 Å². The Bertz CT molecular complexity index is 778. The van der Waals surface area contributed by atoms with E-state index in [-0.39, 0.29) is 0 Å². The number of hydrogen-bond donors (Lipinski definition) is 1. The highest BCUT2D eigenvalue weighted by molar-refractivity contribution is 7.18. The number of hydrogen-bond acceptors (Lipinski definition) is 7. The van der Waals surface area contributed by atoms with Crippen molar-refractivity contribution in [2.75, 3.05) is 25.4 Å². The molecule has 7 heteroatoms. The maximum absolute atomic E-state index is 6.10. The third-order valence-corrected chi connectivity index (χ3v) is 4.94. The van der Waals surface area contributed by atoms with Crippen molar-refractivity contribution in [2.24, 2.45) is 0 Å². The summed E-state index contributed by atoms with van der Waals surface area (Å²) in [6.45, 7) is 7.81. The Morgan fingerprint density at radius 2 is 1.96 bits per heavy atom. The van der Waals surface area contributed by atoms with Crippen molar-refractivity contribution in [3.05, 3.63) is 23.4 Å². The zero-order valence-corrected chi connectivity index (χ0v) is 15.0. The van der Waals surface area contributed by atoms with Crippen LogP contribution in [-0.4, -0.2) is 39.5 Å². The molecule has 6 nitrogen and oxygen atoms in total. The fourth-order valence-electron chi connectivity index (χ4n) is 2.78. The van der Waals surface area contributed by atoms with Gasteiger partial charge in [-0.25, -0.2) is 15.0 Å². The van der Waals surface area contributed by atoms with Gasteiger partial charge in [0.05, 0.1) is 11.6 Å². The van der Waals surface area contributed by atoms with Crippen LogP contribution in [0.3, 0.4) is 0 Å². The Balaban J connectivity index is 1.79. The normalized spacial score (nSPS) is 11.6. The second-order valence-corrected chi connectivity index (χ2v) is 6.91. The van der Waals surface area contributed by atoms with Crippen LogP contribution in [0, 0.1) is 0 Å². The molecule has 0 saturated heterocycles. The van der Waals surface area contributed by atoms with Crippen LogP contribution in [0.1, 0.15) is 31.6 Å². The molecule has 24 heavy (non-hydrogen) atoms. The molecule has 0 radical (unpaired) electrons. The molecule has 0 unspecified atom stereocenters. The number of nitrogens with two attached hydrogens (primary N) is 1. The van der Waals surface area contributed by atoms with Gasteiger partial charge in [-0.05, 0) is 38.4 Å². The molecule has 0 aliphatic rings. The summed E-state index contributed by atoms with van der Waals surface area (Å²) in [4.78, 5) is 17.7. The van der Waals surface area contributed by atoms with E-state index in [2.05, 4.69) is 39.8 Å². The van der Waals surface area contributed by atoms with E-state index in [1.165, 1.54) is 24.0 Å².